The zero-order chi connectivity index (χ0) is 17.5. The minimum absolute atomic E-state index is 0.0448. The van der Waals surface area contributed by atoms with E-state index in [9.17, 15) is 22.4 Å². The molecule has 0 saturated heterocycles. The largest absolute Gasteiger partial charge is 0.435 e. The maximum Gasteiger partial charge on any atom is 0.387 e. The Morgan fingerprint density at radius 3 is 2.54 bits per heavy atom. The van der Waals surface area contributed by atoms with Crippen molar-refractivity contribution in [3.63, 3.8) is 0 Å². The lowest BCUT2D eigenvalue weighted by Gasteiger charge is -2.10. The highest BCUT2D eigenvalue weighted by atomic mass is 32.1. The number of ether oxygens (including phenoxy) is 2. The monoisotopic (exact) mass is 362 g/mol. The number of amides is 1. The quantitative estimate of drug-likeness (QED) is 0.464. The van der Waals surface area contributed by atoms with Crippen molar-refractivity contribution in [2.45, 2.75) is 13.2 Å². The summed E-state index contributed by atoms with van der Waals surface area (Å²) in [5.74, 6) is -1.24. The van der Waals surface area contributed by atoms with Crippen molar-refractivity contribution in [3.05, 3.63) is 46.2 Å². The Hall–Kier alpha value is -2.62. The van der Waals surface area contributed by atoms with Gasteiger partial charge in [0.15, 0.2) is 0 Å². The number of nitrogens with one attached hydrogen (secondary N) is 1. The molecule has 0 atom stereocenters. The van der Waals surface area contributed by atoms with Crippen LogP contribution in [0.3, 0.4) is 0 Å². The van der Waals surface area contributed by atoms with E-state index in [0.717, 1.165) is 18.3 Å². The summed E-state index contributed by atoms with van der Waals surface area (Å²) in [6.45, 7) is -6.27. The highest BCUT2D eigenvalue weighted by Crippen LogP contribution is 2.26. The number of hydrogen-bond acceptors (Lipinski definition) is 5. The molecule has 1 heterocycles. The van der Waals surface area contributed by atoms with Crippen molar-refractivity contribution in [2.24, 2.45) is 5.10 Å². The molecular weight excluding hydrogens is 352 g/mol. The van der Waals surface area contributed by atoms with E-state index in [1.807, 2.05) is 0 Å². The average Bonchev–Trinajstić information content (AvgIpc) is 3.02. The molecular formula is C14H10F4N2O3S. The predicted molar refractivity (Wildman–Crippen MR) is 79.1 cm³/mol. The van der Waals surface area contributed by atoms with E-state index in [1.54, 1.807) is 17.5 Å². The molecule has 0 bridgehead atoms. The molecule has 0 aliphatic heterocycles. The lowest BCUT2D eigenvalue weighted by atomic mass is 10.2. The number of benzene rings is 1. The molecule has 1 aromatic carbocycles. The summed E-state index contributed by atoms with van der Waals surface area (Å²) in [7, 11) is 0. The Bertz CT molecular complexity index is 708. The third-order valence-electron chi connectivity index (χ3n) is 2.54. The molecule has 10 heteroatoms. The Kier molecular flexibility index (Phi) is 6.13. The number of halogens is 4. The van der Waals surface area contributed by atoms with Crippen molar-refractivity contribution in [3.8, 4) is 11.5 Å². The van der Waals surface area contributed by atoms with Crippen LogP contribution < -0.4 is 14.9 Å². The second-order valence-electron chi connectivity index (χ2n) is 4.13. The molecule has 1 amide bonds. The van der Waals surface area contributed by atoms with Crippen LogP contribution in [0.15, 0.2) is 40.8 Å². The zero-order valence-electron chi connectivity index (χ0n) is 11.8. The molecule has 0 spiro atoms. The van der Waals surface area contributed by atoms with Gasteiger partial charge in [-0.1, -0.05) is 6.07 Å². The molecule has 1 aromatic heterocycles. The van der Waals surface area contributed by atoms with E-state index < -0.39 is 24.9 Å². The van der Waals surface area contributed by atoms with Gasteiger partial charge in [0.25, 0.3) is 5.91 Å². The summed E-state index contributed by atoms with van der Waals surface area (Å²) in [6, 6.07) is 6.46. The van der Waals surface area contributed by atoms with Crippen molar-refractivity contribution < 1.29 is 31.8 Å². The number of nitrogens with zero attached hydrogens (tertiary/aromatic N) is 1. The predicted octanol–water partition coefficient (Wildman–Crippen LogP) is 3.71. The fourth-order valence-corrected chi connectivity index (χ4v) is 2.23. The first kappa shape index (κ1) is 17.7. The van der Waals surface area contributed by atoms with Crippen molar-refractivity contribution >= 4 is 23.5 Å². The van der Waals surface area contributed by atoms with Crippen LogP contribution in [0.5, 0.6) is 11.5 Å². The molecule has 128 valence electrons. The second kappa shape index (κ2) is 8.29. The van der Waals surface area contributed by atoms with Crippen LogP contribution >= 0.6 is 11.3 Å². The molecule has 1 N–H and O–H groups in total. The molecule has 0 radical (unpaired) electrons. The summed E-state index contributed by atoms with van der Waals surface area (Å²) in [6.07, 6.45) is 1.05. The van der Waals surface area contributed by atoms with Gasteiger partial charge in [-0.3, -0.25) is 4.79 Å². The van der Waals surface area contributed by atoms with Gasteiger partial charge in [0.2, 0.25) is 0 Å². The van der Waals surface area contributed by atoms with E-state index in [0.29, 0.717) is 4.88 Å². The Morgan fingerprint density at radius 2 is 1.92 bits per heavy atom. The van der Waals surface area contributed by atoms with Gasteiger partial charge >= 0.3 is 13.2 Å². The Morgan fingerprint density at radius 1 is 1.17 bits per heavy atom. The van der Waals surface area contributed by atoms with Gasteiger partial charge in [0.1, 0.15) is 11.5 Å². The first-order valence-corrected chi connectivity index (χ1v) is 7.24. The normalized spacial score (nSPS) is 11.2. The molecule has 0 saturated carbocycles. The average molecular weight is 362 g/mol. The highest BCUT2D eigenvalue weighted by Gasteiger charge is 2.13. The lowest BCUT2D eigenvalue weighted by molar-refractivity contribution is -0.0543. The topological polar surface area (TPSA) is 59.9 Å². The summed E-state index contributed by atoms with van der Waals surface area (Å²) in [5, 5.41) is 5.33. The fourth-order valence-electron chi connectivity index (χ4n) is 1.62. The minimum atomic E-state index is -3.17. The van der Waals surface area contributed by atoms with Crippen LogP contribution in [0.1, 0.15) is 15.2 Å². The number of hydrazone groups is 1. The minimum Gasteiger partial charge on any atom is -0.435 e. The van der Waals surface area contributed by atoms with Crippen LogP contribution in [0.2, 0.25) is 0 Å². The highest BCUT2D eigenvalue weighted by molar-refractivity contribution is 7.12. The summed E-state index contributed by atoms with van der Waals surface area (Å²) in [4.78, 5) is 12.1. The molecule has 5 nitrogen and oxygen atoms in total. The third-order valence-corrected chi connectivity index (χ3v) is 3.41. The molecule has 2 rings (SSSR count). The van der Waals surface area contributed by atoms with Crippen molar-refractivity contribution in [2.75, 3.05) is 0 Å². The summed E-state index contributed by atoms with van der Waals surface area (Å²) >= 11 is 1.20. The maximum absolute atomic E-state index is 12.4. The third kappa shape index (κ3) is 5.23. The Labute approximate surface area is 137 Å². The first-order valence-electron chi connectivity index (χ1n) is 6.36. The number of alkyl halides is 4. The number of carbonyl (C=O) groups is 1. The molecule has 24 heavy (non-hydrogen) atoms. The van der Waals surface area contributed by atoms with E-state index >= 15 is 0 Å². The molecule has 0 fully saturated rings. The SMILES string of the molecule is O=C(N/N=C\c1ccc(OC(F)F)cc1OC(F)F)c1cccs1. The van der Waals surface area contributed by atoms with Crippen LogP contribution in [-0.2, 0) is 0 Å². The van der Waals surface area contributed by atoms with Crippen LogP contribution in [-0.4, -0.2) is 25.3 Å². The van der Waals surface area contributed by atoms with Crippen molar-refractivity contribution in [1.82, 2.24) is 5.43 Å². The van der Waals surface area contributed by atoms with Gasteiger partial charge in [-0.05, 0) is 23.6 Å². The summed E-state index contributed by atoms with van der Waals surface area (Å²) < 4.78 is 57.5. The van der Waals surface area contributed by atoms with Crippen LogP contribution in [0.25, 0.3) is 0 Å². The Balaban J connectivity index is 2.12. The first-order chi connectivity index (χ1) is 11.5. The number of thiophene rings is 1. The van der Waals surface area contributed by atoms with Crippen LogP contribution in [0, 0.1) is 0 Å². The summed E-state index contributed by atoms with van der Waals surface area (Å²) in [5.41, 5.74) is 2.25. The van der Waals surface area contributed by atoms with Crippen molar-refractivity contribution in [1.29, 1.82) is 0 Å². The molecule has 0 unspecified atom stereocenters. The van der Waals surface area contributed by atoms with Gasteiger partial charge in [-0.2, -0.15) is 22.7 Å². The van der Waals surface area contributed by atoms with E-state index in [2.05, 4.69) is 20.0 Å². The smallest absolute Gasteiger partial charge is 0.387 e. The van der Waals surface area contributed by atoms with E-state index in [4.69, 9.17) is 0 Å². The lowest BCUT2D eigenvalue weighted by Crippen LogP contribution is -2.16. The maximum atomic E-state index is 12.4. The van der Waals surface area contributed by atoms with Gasteiger partial charge in [-0.25, -0.2) is 5.43 Å². The number of hydrogen-bond donors (Lipinski definition) is 1. The van der Waals surface area contributed by atoms with Crippen LogP contribution in [0.4, 0.5) is 17.6 Å². The van der Waals surface area contributed by atoms with Gasteiger partial charge in [0, 0.05) is 11.6 Å². The standard InChI is InChI=1S/C14H10F4N2O3S/c15-13(16)22-9-4-3-8(10(6-9)23-14(17)18)7-19-20-12(21)11-2-1-5-24-11/h1-7,13-14H,(H,20,21)/b19-7-. The molecule has 0 aliphatic carbocycles. The molecule has 0 aliphatic rings. The zero-order valence-corrected chi connectivity index (χ0v) is 12.6. The molecule has 2 aromatic rings. The van der Waals surface area contributed by atoms with Gasteiger partial charge in [-0.15, -0.1) is 11.3 Å². The number of carbonyl (C=O) groups excluding carboxylic acids is 1. The fraction of sp³-hybridized carbons (Fsp3) is 0.143. The number of rotatable bonds is 7. The van der Waals surface area contributed by atoms with E-state index in [-0.39, 0.29) is 11.3 Å². The van der Waals surface area contributed by atoms with E-state index in [1.165, 1.54) is 17.4 Å². The van der Waals surface area contributed by atoms with Gasteiger partial charge < -0.3 is 9.47 Å². The second-order valence-corrected chi connectivity index (χ2v) is 5.08. The van der Waals surface area contributed by atoms with Gasteiger partial charge in [0.05, 0.1) is 11.1 Å².